The Labute approximate surface area is 143 Å². The number of hydrogen-bond donors (Lipinski definition) is 2. The maximum absolute atomic E-state index is 11.6. The Balaban J connectivity index is 1.67. The van der Waals surface area contributed by atoms with Crippen molar-refractivity contribution in [3.8, 4) is 10.6 Å². The van der Waals surface area contributed by atoms with Gasteiger partial charge in [-0.15, -0.1) is 22.7 Å². The van der Waals surface area contributed by atoms with Crippen LogP contribution in [0.2, 0.25) is 0 Å². The van der Waals surface area contributed by atoms with Gasteiger partial charge in [0.1, 0.15) is 0 Å². The summed E-state index contributed by atoms with van der Waals surface area (Å²) in [6.07, 6.45) is 2.48. The number of nitrogens with zero attached hydrogens (tertiary/aromatic N) is 1. The highest BCUT2D eigenvalue weighted by molar-refractivity contribution is 7.16. The van der Waals surface area contributed by atoms with Crippen molar-refractivity contribution < 1.29 is 14.7 Å². The summed E-state index contributed by atoms with van der Waals surface area (Å²) in [5.74, 6) is -0.823. The number of amides is 1. The van der Waals surface area contributed by atoms with E-state index in [4.69, 9.17) is 5.11 Å². The number of thiazole rings is 1. The first-order chi connectivity index (χ1) is 11.0. The smallest absolute Gasteiger partial charge is 0.303 e. The van der Waals surface area contributed by atoms with Crippen LogP contribution >= 0.6 is 22.7 Å². The van der Waals surface area contributed by atoms with Gasteiger partial charge in [-0.25, -0.2) is 4.98 Å². The number of carboxylic acid groups (broad SMARTS) is 1. The lowest BCUT2D eigenvalue weighted by Gasteiger charge is -2.03. The molecule has 1 amide bonds. The van der Waals surface area contributed by atoms with Crippen LogP contribution in [-0.4, -0.2) is 28.5 Å². The van der Waals surface area contributed by atoms with Gasteiger partial charge in [-0.2, -0.15) is 0 Å². The SMILES string of the molecule is Cc1nc(-c2ccc(CCNC(=O)CCCCC(=O)O)s2)cs1. The second-order valence-corrected chi connectivity index (χ2v) is 7.45. The van der Waals surface area contributed by atoms with Crippen LogP contribution in [0.1, 0.15) is 35.6 Å². The summed E-state index contributed by atoms with van der Waals surface area (Å²) in [6.45, 7) is 2.60. The van der Waals surface area contributed by atoms with Crippen LogP contribution in [0.5, 0.6) is 0 Å². The number of rotatable bonds is 9. The van der Waals surface area contributed by atoms with E-state index in [0.29, 0.717) is 25.8 Å². The summed E-state index contributed by atoms with van der Waals surface area (Å²) < 4.78 is 0. The normalized spacial score (nSPS) is 10.7. The number of nitrogens with one attached hydrogen (secondary N) is 1. The fourth-order valence-corrected chi connectivity index (χ4v) is 3.76. The lowest BCUT2D eigenvalue weighted by atomic mass is 10.2. The number of hydrogen-bond acceptors (Lipinski definition) is 5. The Morgan fingerprint density at radius 1 is 1.26 bits per heavy atom. The molecule has 2 aromatic heterocycles. The quantitative estimate of drug-likeness (QED) is 0.677. The molecule has 0 radical (unpaired) electrons. The molecule has 2 heterocycles. The molecule has 0 saturated heterocycles. The molecule has 0 spiro atoms. The molecule has 0 aliphatic carbocycles. The summed E-state index contributed by atoms with van der Waals surface area (Å²) in [7, 11) is 0. The predicted molar refractivity (Wildman–Crippen MR) is 93.0 cm³/mol. The molecule has 124 valence electrons. The van der Waals surface area contributed by atoms with Gasteiger partial charge in [-0.05, 0) is 38.3 Å². The van der Waals surface area contributed by atoms with Crippen molar-refractivity contribution in [3.63, 3.8) is 0 Å². The third kappa shape index (κ3) is 6.11. The fourth-order valence-electron chi connectivity index (χ4n) is 2.10. The first-order valence-corrected chi connectivity index (χ1v) is 9.24. The van der Waals surface area contributed by atoms with Gasteiger partial charge >= 0.3 is 5.97 Å². The third-order valence-corrected chi connectivity index (χ3v) is 5.21. The molecule has 2 aromatic rings. The fraction of sp³-hybridized carbons (Fsp3) is 0.438. The minimum atomic E-state index is -0.811. The molecular formula is C16H20N2O3S2. The van der Waals surface area contributed by atoms with Crippen molar-refractivity contribution >= 4 is 34.6 Å². The number of unbranched alkanes of at least 4 members (excludes halogenated alkanes) is 1. The van der Waals surface area contributed by atoms with Gasteiger partial charge in [0.05, 0.1) is 15.6 Å². The summed E-state index contributed by atoms with van der Waals surface area (Å²) in [5, 5.41) is 14.5. The van der Waals surface area contributed by atoms with Crippen molar-refractivity contribution in [1.82, 2.24) is 10.3 Å². The van der Waals surface area contributed by atoms with Gasteiger partial charge < -0.3 is 10.4 Å². The predicted octanol–water partition coefficient (Wildman–Crippen LogP) is 3.48. The molecule has 2 N–H and O–H groups in total. The minimum absolute atomic E-state index is 0.0118. The van der Waals surface area contributed by atoms with Crippen LogP contribution in [0.4, 0.5) is 0 Å². The number of carbonyl (C=O) groups excluding carboxylic acids is 1. The van der Waals surface area contributed by atoms with Crippen LogP contribution in [-0.2, 0) is 16.0 Å². The van der Waals surface area contributed by atoms with Crippen LogP contribution in [0.3, 0.4) is 0 Å². The molecule has 0 atom stereocenters. The highest BCUT2D eigenvalue weighted by Gasteiger charge is 2.07. The second kappa shape index (κ2) is 8.79. The zero-order valence-electron chi connectivity index (χ0n) is 13.0. The summed E-state index contributed by atoms with van der Waals surface area (Å²) in [6, 6.07) is 4.15. The number of carbonyl (C=O) groups is 2. The van der Waals surface area contributed by atoms with Crippen LogP contribution < -0.4 is 5.32 Å². The molecule has 0 bridgehead atoms. The van der Waals surface area contributed by atoms with Crippen LogP contribution in [0.25, 0.3) is 10.6 Å². The molecule has 0 saturated carbocycles. The van der Waals surface area contributed by atoms with Gasteiger partial charge in [-0.3, -0.25) is 9.59 Å². The van der Waals surface area contributed by atoms with Gasteiger partial charge in [0.25, 0.3) is 0 Å². The topological polar surface area (TPSA) is 79.3 Å². The zero-order chi connectivity index (χ0) is 16.7. The average Bonchev–Trinajstić information content (AvgIpc) is 3.12. The summed E-state index contributed by atoms with van der Waals surface area (Å²) in [4.78, 5) is 28.9. The van der Waals surface area contributed by atoms with E-state index in [-0.39, 0.29) is 12.3 Å². The van der Waals surface area contributed by atoms with Gasteiger partial charge in [-0.1, -0.05) is 0 Å². The van der Waals surface area contributed by atoms with E-state index in [9.17, 15) is 9.59 Å². The van der Waals surface area contributed by atoms with Crippen molar-refractivity contribution in [3.05, 3.63) is 27.4 Å². The summed E-state index contributed by atoms with van der Waals surface area (Å²) >= 11 is 3.35. The average molecular weight is 352 g/mol. The molecular weight excluding hydrogens is 332 g/mol. The molecule has 23 heavy (non-hydrogen) atoms. The number of carboxylic acids is 1. The van der Waals surface area contributed by atoms with Crippen molar-refractivity contribution in [2.24, 2.45) is 0 Å². The van der Waals surface area contributed by atoms with E-state index < -0.39 is 5.97 Å². The molecule has 7 heteroatoms. The van der Waals surface area contributed by atoms with Crippen molar-refractivity contribution in [1.29, 1.82) is 0 Å². The lowest BCUT2D eigenvalue weighted by Crippen LogP contribution is -2.25. The van der Waals surface area contributed by atoms with E-state index >= 15 is 0 Å². The maximum atomic E-state index is 11.6. The van der Waals surface area contributed by atoms with E-state index in [1.165, 1.54) is 4.88 Å². The third-order valence-electron chi connectivity index (χ3n) is 3.27. The highest BCUT2D eigenvalue weighted by atomic mass is 32.1. The molecule has 0 aliphatic rings. The Bertz CT molecular complexity index is 664. The van der Waals surface area contributed by atoms with E-state index in [1.54, 1.807) is 22.7 Å². The molecule has 2 rings (SSSR count). The highest BCUT2D eigenvalue weighted by Crippen LogP contribution is 2.29. The Morgan fingerprint density at radius 2 is 2.04 bits per heavy atom. The van der Waals surface area contributed by atoms with E-state index in [1.807, 2.05) is 6.92 Å². The second-order valence-electron chi connectivity index (χ2n) is 5.22. The van der Waals surface area contributed by atoms with E-state index in [0.717, 1.165) is 22.0 Å². The number of aliphatic carboxylic acids is 1. The first-order valence-electron chi connectivity index (χ1n) is 7.54. The minimum Gasteiger partial charge on any atom is -0.481 e. The zero-order valence-corrected chi connectivity index (χ0v) is 14.6. The Hall–Kier alpha value is -1.73. The van der Waals surface area contributed by atoms with Crippen LogP contribution in [0, 0.1) is 6.92 Å². The molecule has 0 aliphatic heterocycles. The number of aryl methyl sites for hydroxylation is 1. The maximum Gasteiger partial charge on any atom is 0.303 e. The van der Waals surface area contributed by atoms with Gasteiger partial charge in [0.15, 0.2) is 0 Å². The Kier molecular flexibility index (Phi) is 6.73. The molecule has 0 fully saturated rings. The van der Waals surface area contributed by atoms with Crippen molar-refractivity contribution in [2.45, 2.75) is 39.0 Å². The largest absolute Gasteiger partial charge is 0.481 e. The molecule has 0 aromatic carbocycles. The van der Waals surface area contributed by atoms with E-state index in [2.05, 4.69) is 27.8 Å². The van der Waals surface area contributed by atoms with Crippen molar-refractivity contribution in [2.75, 3.05) is 6.54 Å². The summed E-state index contributed by atoms with van der Waals surface area (Å²) in [5.41, 5.74) is 1.02. The van der Waals surface area contributed by atoms with Gasteiger partial charge in [0.2, 0.25) is 5.91 Å². The Morgan fingerprint density at radius 3 is 2.74 bits per heavy atom. The molecule has 0 unspecified atom stereocenters. The standard InChI is InChI=1S/C16H20N2O3S2/c1-11-18-13(10-22-11)14-7-6-12(23-14)8-9-17-15(19)4-2-3-5-16(20)21/h6-7,10H,2-5,8-9H2,1H3,(H,17,19)(H,20,21). The lowest BCUT2D eigenvalue weighted by molar-refractivity contribution is -0.137. The van der Waals surface area contributed by atoms with Gasteiger partial charge in [0, 0.05) is 29.6 Å². The number of aromatic nitrogens is 1. The monoisotopic (exact) mass is 352 g/mol. The number of thiophene rings is 1. The molecule has 5 nitrogen and oxygen atoms in total. The van der Waals surface area contributed by atoms with Crippen LogP contribution in [0.15, 0.2) is 17.5 Å². The first kappa shape index (κ1) is 17.6.